The molecule has 0 aromatic heterocycles. The molecule has 0 heteroatoms. The predicted molar refractivity (Wildman–Crippen MR) is 68.4 cm³/mol. The molecule has 0 amide bonds. The first-order valence-electron chi connectivity index (χ1n) is 5.69. The smallest absolute Gasteiger partial charge is 0.0281 e. The van der Waals surface area contributed by atoms with Gasteiger partial charge in [-0.05, 0) is 29.2 Å². The molecule has 0 unspecified atom stereocenters. The highest BCUT2D eigenvalue weighted by atomic mass is 14.2. The molecule has 0 saturated carbocycles. The lowest BCUT2D eigenvalue weighted by molar-refractivity contribution is 1.05. The molecule has 1 atom stereocenters. The van der Waals surface area contributed by atoms with Crippen molar-refractivity contribution in [3.63, 3.8) is 0 Å². The fraction of sp³-hybridized carbons (Fsp3) is 0.125. The maximum Gasteiger partial charge on any atom is 0.0281 e. The molecule has 78 valence electrons. The summed E-state index contributed by atoms with van der Waals surface area (Å²) in [6.07, 6.45) is 2.36. The van der Waals surface area contributed by atoms with Gasteiger partial charge >= 0.3 is 0 Å². The Morgan fingerprint density at radius 1 is 0.812 bits per heavy atom. The second kappa shape index (κ2) is 3.64. The molecule has 0 bridgehead atoms. The van der Waals surface area contributed by atoms with Gasteiger partial charge in [-0.25, -0.2) is 0 Å². The Morgan fingerprint density at radius 3 is 2.31 bits per heavy atom. The summed E-state index contributed by atoms with van der Waals surface area (Å²) in [4.78, 5) is 0. The third-order valence-corrected chi connectivity index (χ3v) is 3.30. The van der Waals surface area contributed by atoms with Crippen LogP contribution in [-0.4, -0.2) is 0 Å². The van der Waals surface area contributed by atoms with E-state index in [1.54, 1.807) is 0 Å². The molecule has 16 heavy (non-hydrogen) atoms. The number of rotatable bonds is 1. The van der Waals surface area contributed by atoms with E-state index in [1.807, 2.05) is 0 Å². The van der Waals surface area contributed by atoms with E-state index in [9.17, 15) is 0 Å². The monoisotopic (exact) mass is 206 g/mol. The number of allylic oxidation sites excluding steroid dienone is 2. The molecule has 0 saturated heterocycles. The zero-order valence-corrected chi connectivity index (χ0v) is 9.35. The Morgan fingerprint density at radius 2 is 1.50 bits per heavy atom. The van der Waals surface area contributed by atoms with E-state index in [0.29, 0.717) is 5.92 Å². The molecule has 2 aromatic carbocycles. The number of hydrogen-bond acceptors (Lipinski definition) is 0. The minimum Gasteiger partial charge on any atom is -0.0691 e. The van der Waals surface area contributed by atoms with Crippen molar-refractivity contribution in [2.45, 2.75) is 12.8 Å². The molecule has 0 aliphatic heterocycles. The van der Waals surface area contributed by atoms with Crippen molar-refractivity contribution in [3.8, 4) is 0 Å². The van der Waals surface area contributed by atoms with Gasteiger partial charge in [-0.15, -0.1) is 0 Å². The zero-order chi connectivity index (χ0) is 11.0. The van der Waals surface area contributed by atoms with Gasteiger partial charge in [-0.2, -0.15) is 0 Å². The average Bonchev–Trinajstić information content (AvgIpc) is 2.69. The highest BCUT2D eigenvalue weighted by molar-refractivity contribution is 5.75. The molecule has 3 rings (SSSR count). The maximum absolute atomic E-state index is 2.36. The quantitative estimate of drug-likeness (QED) is 0.654. The summed E-state index contributed by atoms with van der Waals surface area (Å²) in [6.45, 7) is 2.20. The first-order valence-corrected chi connectivity index (χ1v) is 5.69. The van der Waals surface area contributed by atoms with Crippen LogP contribution in [0.2, 0.25) is 0 Å². The van der Waals surface area contributed by atoms with Crippen molar-refractivity contribution in [3.05, 3.63) is 77.4 Å². The summed E-state index contributed by atoms with van der Waals surface area (Å²) >= 11 is 0. The lowest BCUT2D eigenvalue weighted by Gasteiger charge is -2.10. The Balaban J connectivity index is 2.13. The molecular formula is C16H14. The highest BCUT2D eigenvalue weighted by Gasteiger charge is 2.21. The molecule has 0 heterocycles. The van der Waals surface area contributed by atoms with Gasteiger partial charge in [-0.1, -0.05) is 60.7 Å². The molecule has 0 nitrogen and oxygen atoms in total. The molecule has 1 aliphatic carbocycles. The topological polar surface area (TPSA) is 0 Å². The van der Waals surface area contributed by atoms with Crippen molar-refractivity contribution in [1.29, 1.82) is 0 Å². The van der Waals surface area contributed by atoms with E-state index in [-0.39, 0.29) is 0 Å². The van der Waals surface area contributed by atoms with E-state index >= 15 is 0 Å². The van der Waals surface area contributed by atoms with Gasteiger partial charge in [0.2, 0.25) is 0 Å². The first-order chi connectivity index (χ1) is 7.86. The fourth-order valence-electron chi connectivity index (χ4n) is 2.49. The average molecular weight is 206 g/mol. The fourth-order valence-corrected chi connectivity index (χ4v) is 2.49. The van der Waals surface area contributed by atoms with Crippen LogP contribution in [-0.2, 0) is 0 Å². The van der Waals surface area contributed by atoms with Gasteiger partial charge in [0.05, 0.1) is 0 Å². The number of hydrogen-bond donors (Lipinski definition) is 0. The minimum absolute atomic E-state index is 0.442. The van der Waals surface area contributed by atoms with Crippen molar-refractivity contribution in [2.24, 2.45) is 0 Å². The van der Waals surface area contributed by atoms with Gasteiger partial charge in [0.25, 0.3) is 0 Å². The Bertz CT molecular complexity index is 535. The van der Waals surface area contributed by atoms with Gasteiger partial charge in [-0.3, -0.25) is 0 Å². The third kappa shape index (κ3) is 1.38. The van der Waals surface area contributed by atoms with Crippen LogP contribution in [0, 0.1) is 0 Å². The number of benzene rings is 2. The Labute approximate surface area is 96.3 Å². The molecule has 0 N–H and O–H groups in total. The normalized spacial score (nSPS) is 18.1. The van der Waals surface area contributed by atoms with Gasteiger partial charge < -0.3 is 0 Å². The summed E-state index contributed by atoms with van der Waals surface area (Å²) in [5, 5.41) is 0. The predicted octanol–water partition coefficient (Wildman–Crippen LogP) is 4.24. The van der Waals surface area contributed by atoms with Crippen molar-refractivity contribution in [1.82, 2.24) is 0 Å². The van der Waals surface area contributed by atoms with Crippen LogP contribution >= 0.6 is 0 Å². The van der Waals surface area contributed by atoms with E-state index in [2.05, 4.69) is 67.6 Å². The van der Waals surface area contributed by atoms with Crippen LogP contribution in [0.1, 0.15) is 29.5 Å². The second-order valence-electron chi connectivity index (χ2n) is 4.33. The van der Waals surface area contributed by atoms with Crippen LogP contribution < -0.4 is 0 Å². The minimum atomic E-state index is 0.442. The van der Waals surface area contributed by atoms with E-state index in [1.165, 1.54) is 22.3 Å². The van der Waals surface area contributed by atoms with Crippen LogP contribution in [0.5, 0.6) is 0 Å². The maximum atomic E-state index is 2.36. The van der Waals surface area contributed by atoms with Crippen LogP contribution in [0.15, 0.2) is 60.7 Å². The summed E-state index contributed by atoms with van der Waals surface area (Å²) in [5.74, 6) is 0.442. The molecule has 2 aromatic rings. The molecule has 0 spiro atoms. The summed E-state index contributed by atoms with van der Waals surface area (Å²) in [6, 6.07) is 19.4. The Hall–Kier alpha value is -1.82. The van der Waals surface area contributed by atoms with E-state index in [0.717, 1.165) is 0 Å². The van der Waals surface area contributed by atoms with Crippen LogP contribution in [0.3, 0.4) is 0 Å². The first kappa shape index (κ1) is 9.41. The summed E-state index contributed by atoms with van der Waals surface area (Å²) < 4.78 is 0. The van der Waals surface area contributed by atoms with Crippen LogP contribution in [0.4, 0.5) is 0 Å². The lowest BCUT2D eigenvalue weighted by Crippen LogP contribution is -1.94. The zero-order valence-electron chi connectivity index (χ0n) is 9.35. The summed E-state index contributed by atoms with van der Waals surface area (Å²) in [5.41, 5.74) is 5.61. The largest absolute Gasteiger partial charge is 0.0691 e. The SMILES string of the molecule is CC1=C[C@H](c2ccccc2)c2ccccc21. The lowest BCUT2D eigenvalue weighted by atomic mass is 9.93. The highest BCUT2D eigenvalue weighted by Crippen LogP contribution is 2.39. The molecule has 1 aliphatic rings. The number of fused-ring (bicyclic) bond motifs is 1. The van der Waals surface area contributed by atoms with Crippen LogP contribution in [0.25, 0.3) is 5.57 Å². The van der Waals surface area contributed by atoms with Gasteiger partial charge in [0.1, 0.15) is 0 Å². The summed E-state index contributed by atoms with van der Waals surface area (Å²) in [7, 11) is 0. The van der Waals surface area contributed by atoms with Crippen molar-refractivity contribution >= 4 is 5.57 Å². The van der Waals surface area contributed by atoms with Gasteiger partial charge in [0, 0.05) is 5.92 Å². The van der Waals surface area contributed by atoms with E-state index in [4.69, 9.17) is 0 Å². The van der Waals surface area contributed by atoms with Crippen molar-refractivity contribution in [2.75, 3.05) is 0 Å². The molecular weight excluding hydrogens is 192 g/mol. The molecule has 0 radical (unpaired) electrons. The van der Waals surface area contributed by atoms with Gasteiger partial charge in [0.15, 0.2) is 0 Å². The third-order valence-electron chi connectivity index (χ3n) is 3.30. The van der Waals surface area contributed by atoms with Crippen molar-refractivity contribution < 1.29 is 0 Å². The second-order valence-corrected chi connectivity index (χ2v) is 4.33. The standard InChI is InChI=1S/C16H14/c1-12-11-16(13-7-3-2-4-8-13)15-10-6-5-9-14(12)15/h2-11,16H,1H3/t16-/m1/s1. The Kier molecular flexibility index (Phi) is 2.14. The van der Waals surface area contributed by atoms with E-state index < -0.39 is 0 Å². The molecule has 0 fully saturated rings.